The molecule has 0 saturated carbocycles. The Kier molecular flexibility index (Phi) is 5.38. The van der Waals surface area contributed by atoms with Crippen molar-refractivity contribution in [1.29, 1.82) is 0 Å². The fourth-order valence-corrected chi connectivity index (χ4v) is 2.74. The van der Waals surface area contributed by atoms with Crippen molar-refractivity contribution in [2.24, 2.45) is 0 Å². The van der Waals surface area contributed by atoms with E-state index in [1.807, 2.05) is 30.1 Å². The predicted molar refractivity (Wildman–Crippen MR) is 97.4 cm³/mol. The third-order valence-corrected chi connectivity index (χ3v) is 3.94. The summed E-state index contributed by atoms with van der Waals surface area (Å²) in [4.78, 5) is 25.8. The van der Waals surface area contributed by atoms with Crippen molar-refractivity contribution >= 4 is 17.5 Å². The summed E-state index contributed by atoms with van der Waals surface area (Å²) in [6.07, 6.45) is 0. The average Bonchev–Trinajstić information content (AvgIpc) is 3.08. The number of nitrogens with zero attached hydrogens (tertiary/aromatic N) is 1. The van der Waals surface area contributed by atoms with E-state index in [0.29, 0.717) is 17.8 Å². The second-order valence-electron chi connectivity index (χ2n) is 6.07. The molecule has 136 valence electrons. The fraction of sp³-hybridized carbons (Fsp3) is 0.263. The molecule has 2 N–H and O–H groups in total. The van der Waals surface area contributed by atoms with Crippen LogP contribution in [0.1, 0.15) is 15.9 Å². The molecule has 2 amide bonds. The quantitative estimate of drug-likeness (QED) is 0.827. The molecule has 26 heavy (non-hydrogen) atoms. The number of amides is 2. The SMILES string of the molecule is CNC(=O)c1cccc(NC(=O)CN(C)Cc2ccc3c(c2)OCO3)c1. The van der Waals surface area contributed by atoms with Crippen LogP contribution < -0.4 is 20.1 Å². The highest BCUT2D eigenvalue weighted by Gasteiger charge is 2.15. The molecular weight excluding hydrogens is 334 g/mol. The third-order valence-electron chi connectivity index (χ3n) is 3.94. The van der Waals surface area contributed by atoms with Gasteiger partial charge in [-0.25, -0.2) is 0 Å². The Hall–Kier alpha value is -3.06. The molecule has 1 heterocycles. The molecule has 0 radical (unpaired) electrons. The van der Waals surface area contributed by atoms with E-state index >= 15 is 0 Å². The highest BCUT2D eigenvalue weighted by atomic mass is 16.7. The van der Waals surface area contributed by atoms with Crippen molar-refractivity contribution < 1.29 is 19.1 Å². The van der Waals surface area contributed by atoms with E-state index in [0.717, 1.165) is 17.1 Å². The molecule has 0 spiro atoms. The van der Waals surface area contributed by atoms with Gasteiger partial charge in [0.05, 0.1) is 6.54 Å². The van der Waals surface area contributed by atoms with Crippen LogP contribution in [0.2, 0.25) is 0 Å². The van der Waals surface area contributed by atoms with Crippen molar-refractivity contribution in [2.45, 2.75) is 6.54 Å². The Morgan fingerprint density at radius 3 is 2.73 bits per heavy atom. The van der Waals surface area contributed by atoms with E-state index in [-0.39, 0.29) is 25.2 Å². The third kappa shape index (κ3) is 4.31. The second-order valence-corrected chi connectivity index (χ2v) is 6.07. The summed E-state index contributed by atoms with van der Waals surface area (Å²) >= 11 is 0. The van der Waals surface area contributed by atoms with Crippen LogP contribution in [0.25, 0.3) is 0 Å². The minimum absolute atomic E-state index is 0.151. The zero-order chi connectivity index (χ0) is 18.5. The molecule has 1 aliphatic rings. The normalized spacial score (nSPS) is 12.1. The molecule has 0 aliphatic carbocycles. The molecule has 3 rings (SSSR count). The van der Waals surface area contributed by atoms with Crippen LogP contribution in [-0.4, -0.2) is 44.1 Å². The van der Waals surface area contributed by atoms with Gasteiger partial charge >= 0.3 is 0 Å². The number of carbonyl (C=O) groups excluding carboxylic acids is 2. The van der Waals surface area contributed by atoms with Gasteiger partial charge < -0.3 is 20.1 Å². The Bertz CT molecular complexity index is 822. The second kappa shape index (κ2) is 7.88. The van der Waals surface area contributed by atoms with Gasteiger partial charge in [0, 0.05) is 24.8 Å². The topological polar surface area (TPSA) is 79.9 Å². The number of carbonyl (C=O) groups is 2. The molecule has 0 bridgehead atoms. The number of fused-ring (bicyclic) bond motifs is 1. The molecule has 2 aromatic rings. The number of rotatable bonds is 6. The first-order valence-electron chi connectivity index (χ1n) is 8.24. The smallest absolute Gasteiger partial charge is 0.251 e. The maximum absolute atomic E-state index is 12.3. The van der Waals surface area contributed by atoms with Crippen molar-refractivity contribution in [1.82, 2.24) is 10.2 Å². The van der Waals surface area contributed by atoms with Gasteiger partial charge in [0.25, 0.3) is 5.91 Å². The minimum atomic E-state index is -0.193. The number of benzene rings is 2. The molecule has 0 saturated heterocycles. The van der Waals surface area contributed by atoms with Crippen molar-refractivity contribution in [3.8, 4) is 11.5 Å². The van der Waals surface area contributed by atoms with Gasteiger partial charge in [-0.15, -0.1) is 0 Å². The lowest BCUT2D eigenvalue weighted by Gasteiger charge is -2.17. The summed E-state index contributed by atoms with van der Waals surface area (Å²) in [5.74, 6) is 1.12. The maximum Gasteiger partial charge on any atom is 0.251 e. The Morgan fingerprint density at radius 1 is 1.12 bits per heavy atom. The first-order valence-corrected chi connectivity index (χ1v) is 8.24. The summed E-state index contributed by atoms with van der Waals surface area (Å²) in [5.41, 5.74) is 2.12. The van der Waals surface area contributed by atoms with Crippen LogP contribution in [-0.2, 0) is 11.3 Å². The highest BCUT2D eigenvalue weighted by molar-refractivity contribution is 5.97. The zero-order valence-electron chi connectivity index (χ0n) is 14.7. The number of hydrogen-bond donors (Lipinski definition) is 2. The molecule has 7 heteroatoms. The molecular formula is C19H21N3O4. The Labute approximate surface area is 151 Å². The Balaban J connectivity index is 1.55. The summed E-state index contributed by atoms with van der Waals surface area (Å²) < 4.78 is 10.7. The van der Waals surface area contributed by atoms with Gasteiger partial charge in [0.15, 0.2) is 11.5 Å². The van der Waals surface area contributed by atoms with Gasteiger partial charge in [-0.1, -0.05) is 12.1 Å². The van der Waals surface area contributed by atoms with E-state index in [1.165, 1.54) is 0 Å². The maximum atomic E-state index is 12.3. The summed E-state index contributed by atoms with van der Waals surface area (Å²) in [6, 6.07) is 12.6. The lowest BCUT2D eigenvalue weighted by atomic mass is 10.2. The first-order chi connectivity index (χ1) is 12.5. The summed E-state index contributed by atoms with van der Waals surface area (Å²) in [5, 5.41) is 5.37. The molecule has 0 unspecified atom stereocenters. The fourth-order valence-electron chi connectivity index (χ4n) is 2.74. The predicted octanol–water partition coefficient (Wildman–Crippen LogP) is 1.85. The van der Waals surface area contributed by atoms with Crippen molar-refractivity contribution in [3.63, 3.8) is 0 Å². The molecule has 1 aliphatic heterocycles. The molecule has 2 aromatic carbocycles. The monoisotopic (exact) mass is 355 g/mol. The van der Waals surface area contributed by atoms with E-state index in [9.17, 15) is 9.59 Å². The molecule has 0 fully saturated rings. The first kappa shape index (κ1) is 17.8. The van der Waals surface area contributed by atoms with E-state index in [2.05, 4.69) is 10.6 Å². The van der Waals surface area contributed by atoms with Gasteiger partial charge in [-0.3, -0.25) is 14.5 Å². The molecule has 0 atom stereocenters. The van der Waals surface area contributed by atoms with Crippen LogP contribution in [0.15, 0.2) is 42.5 Å². The van der Waals surface area contributed by atoms with E-state index in [1.54, 1.807) is 31.3 Å². The lowest BCUT2D eigenvalue weighted by molar-refractivity contribution is -0.117. The number of anilines is 1. The standard InChI is InChI=1S/C19H21N3O4/c1-20-19(24)14-4-3-5-15(9-14)21-18(23)11-22(2)10-13-6-7-16-17(8-13)26-12-25-16/h3-9H,10-12H2,1-2H3,(H,20,24)(H,21,23). The highest BCUT2D eigenvalue weighted by Crippen LogP contribution is 2.32. The summed E-state index contributed by atoms with van der Waals surface area (Å²) in [7, 11) is 3.43. The number of hydrogen-bond acceptors (Lipinski definition) is 5. The van der Waals surface area contributed by atoms with Crippen LogP contribution >= 0.6 is 0 Å². The Morgan fingerprint density at radius 2 is 1.92 bits per heavy atom. The van der Waals surface area contributed by atoms with Gasteiger partial charge in [-0.2, -0.15) is 0 Å². The van der Waals surface area contributed by atoms with E-state index in [4.69, 9.17) is 9.47 Å². The van der Waals surface area contributed by atoms with Gasteiger partial charge in [-0.05, 0) is 42.9 Å². The van der Waals surface area contributed by atoms with Crippen molar-refractivity contribution in [3.05, 3.63) is 53.6 Å². The van der Waals surface area contributed by atoms with Gasteiger partial charge in [0.1, 0.15) is 0 Å². The number of ether oxygens (including phenoxy) is 2. The lowest BCUT2D eigenvalue weighted by Crippen LogP contribution is -2.30. The van der Waals surface area contributed by atoms with Crippen LogP contribution in [0.5, 0.6) is 11.5 Å². The number of likely N-dealkylation sites (N-methyl/N-ethyl adjacent to an activating group) is 1. The summed E-state index contributed by atoms with van der Waals surface area (Å²) in [6.45, 7) is 1.06. The van der Waals surface area contributed by atoms with Crippen molar-refractivity contribution in [2.75, 3.05) is 32.7 Å². The average molecular weight is 355 g/mol. The van der Waals surface area contributed by atoms with Crippen LogP contribution in [0.4, 0.5) is 5.69 Å². The zero-order valence-corrected chi connectivity index (χ0v) is 14.7. The molecule has 0 aromatic heterocycles. The number of nitrogens with one attached hydrogen (secondary N) is 2. The molecule has 7 nitrogen and oxygen atoms in total. The van der Waals surface area contributed by atoms with E-state index < -0.39 is 0 Å². The minimum Gasteiger partial charge on any atom is -0.454 e. The van der Waals surface area contributed by atoms with Crippen LogP contribution in [0, 0.1) is 0 Å². The van der Waals surface area contributed by atoms with Gasteiger partial charge in [0.2, 0.25) is 12.7 Å². The largest absolute Gasteiger partial charge is 0.454 e. The van der Waals surface area contributed by atoms with Crippen LogP contribution in [0.3, 0.4) is 0 Å².